The molecule has 3 heterocycles. The molecule has 0 unspecified atom stereocenters. The molecule has 10 aromatic rings. The van der Waals surface area contributed by atoms with Crippen LogP contribution in [0.25, 0.3) is 94.7 Å². The summed E-state index contributed by atoms with van der Waals surface area (Å²) in [4.78, 5) is 15.1. The van der Waals surface area contributed by atoms with E-state index in [2.05, 4.69) is 126 Å². The third-order valence-corrected chi connectivity index (χ3v) is 9.43. The van der Waals surface area contributed by atoms with Crippen LogP contribution in [0.4, 0.5) is 0 Å². The minimum absolute atomic E-state index is 0.612. The topological polar surface area (TPSA) is 56.7 Å². The van der Waals surface area contributed by atoms with Gasteiger partial charge < -0.3 is 8.98 Å². The molecule has 0 radical (unpaired) electrons. The predicted octanol–water partition coefficient (Wildman–Crippen LogP) is 11.5. The van der Waals surface area contributed by atoms with Crippen molar-refractivity contribution < 1.29 is 4.42 Å². The predicted molar refractivity (Wildman–Crippen MR) is 203 cm³/mol. The summed E-state index contributed by atoms with van der Waals surface area (Å²) >= 11 is 0. The van der Waals surface area contributed by atoms with Crippen LogP contribution in [0.15, 0.2) is 174 Å². The van der Waals surface area contributed by atoms with E-state index < -0.39 is 0 Å². The van der Waals surface area contributed by atoms with Crippen molar-refractivity contribution in [1.29, 1.82) is 0 Å². The van der Waals surface area contributed by atoms with Crippen molar-refractivity contribution in [3.05, 3.63) is 170 Å². The number of nitrogens with zero attached hydrogens (tertiary/aromatic N) is 4. The summed E-state index contributed by atoms with van der Waals surface area (Å²) in [6.45, 7) is 0. The summed E-state index contributed by atoms with van der Waals surface area (Å²) < 4.78 is 8.66. The lowest BCUT2D eigenvalue weighted by atomic mass is 10.0. The Morgan fingerprint density at radius 1 is 0.340 bits per heavy atom. The Bertz CT molecular complexity index is 2870. The zero-order valence-electron chi connectivity index (χ0n) is 26.9. The highest BCUT2D eigenvalue weighted by Crippen LogP contribution is 2.39. The lowest BCUT2D eigenvalue weighted by Gasteiger charge is -2.12. The number of hydrogen-bond acceptors (Lipinski definition) is 4. The summed E-state index contributed by atoms with van der Waals surface area (Å²) in [6.07, 6.45) is 0. The second-order valence-corrected chi connectivity index (χ2v) is 12.5. The Morgan fingerprint density at radius 3 is 1.70 bits per heavy atom. The maximum atomic E-state index is 6.35. The maximum absolute atomic E-state index is 6.35. The Hall–Kier alpha value is -6.85. The fraction of sp³-hybridized carbons (Fsp3) is 0. The van der Waals surface area contributed by atoms with Gasteiger partial charge in [-0.1, -0.05) is 127 Å². The fourth-order valence-corrected chi connectivity index (χ4v) is 7.07. The Kier molecular flexibility index (Phi) is 6.42. The highest BCUT2D eigenvalue weighted by Gasteiger charge is 2.18. The van der Waals surface area contributed by atoms with E-state index in [1.54, 1.807) is 0 Å². The molecule has 0 saturated carbocycles. The Balaban J connectivity index is 1.16. The first-order valence-electron chi connectivity index (χ1n) is 16.7. The molecule has 7 aromatic carbocycles. The molecule has 0 aliphatic carbocycles. The normalized spacial score (nSPS) is 11.6. The van der Waals surface area contributed by atoms with Gasteiger partial charge in [-0.2, -0.15) is 0 Å². The summed E-state index contributed by atoms with van der Waals surface area (Å²) in [7, 11) is 0. The van der Waals surface area contributed by atoms with Crippen molar-refractivity contribution in [3.63, 3.8) is 0 Å². The van der Waals surface area contributed by atoms with E-state index >= 15 is 0 Å². The minimum Gasteiger partial charge on any atom is -0.456 e. The Labute approximate surface area is 287 Å². The smallest absolute Gasteiger partial charge is 0.164 e. The summed E-state index contributed by atoms with van der Waals surface area (Å²) in [5, 5.41) is 4.61. The molecule has 0 amide bonds. The van der Waals surface area contributed by atoms with Gasteiger partial charge in [-0.3, -0.25) is 0 Å². The van der Waals surface area contributed by atoms with Gasteiger partial charge >= 0.3 is 0 Å². The van der Waals surface area contributed by atoms with Crippen molar-refractivity contribution in [2.24, 2.45) is 0 Å². The van der Waals surface area contributed by atoms with Crippen molar-refractivity contribution in [2.75, 3.05) is 0 Å². The van der Waals surface area contributed by atoms with E-state index in [9.17, 15) is 0 Å². The Morgan fingerprint density at radius 2 is 0.920 bits per heavy atom. The molecule has 234 valence electrons. The van der Waals surface area contributed by atoms with Crippen LogP contribution in [0, 0.1) is 0 Å². The van der Waals surface area contributed by atoms with Gasteiger partial charge in [0.1, 0.15) is 11.2 Å². The number of benzene rings is 7. The van der Waals surface area contributed by atoms with Crippen LogP contribution >= 0.6 is 0 Å². The average Bonchev–Trinajstić information content (AvgIpc) is 3.72. The SMILES string of the molecule is c1ccc(-c2cccc(-c3nc(-c4ccccc4)nc(-c4cccc(-n5c6ccccc6c6cc7c(cc65)oc5ccccc57)c4)n3)c2)cc1. The molecule has 0 fully saturated rings. The lowest BCUT2D eigenvalue weighted by molar-refractivity contribution is 0.669. The number of fused-ring (bicyclic) bond motifs is 6. The summed E-state index contributed by atoms with van der Waals surface area (Å²) in [5.41, 5.74) is 9.99. The van der Waals surface area contributed by atoms with Crippen molar-refractivity contribution >= 4 is 43.7 Å². The molecule has 5 heteroatoms. The second-order valence-electron chi connectivity index (χ2n) is 12.5. The fourth-order valence-electron chi connectivity index (χ4n) is 7.07. The largest absolute Gasteiger partial charge is 0.456 e. The maximum Gasteiger partial charge on any atom is 0.164 e. The van der Waals surface area contributed by atoms with Crippen LogP contribution in [0.2, 0.25) is 0 Å². The highest BCUT2D eigenvalue weighted by atomic mass is 16.3. The van der Waals surface area contributed by atoms with E-state index in [4.69, 9.17) is 19.4 Å². The van der Waals surface area contributed by atoms with Gasteiger partial charge in [0.2, 0.25) is 0 Å². The molecule has 0 aliphatic rings. The first-order chi connectivity index (χ1) is 24.8. The van der Waals surface area contributed by atoms with Crippen molar-refractivity contribution in [1.82, 2.24) is 19.5 Å². The van der Waals surface area contributed by atoms with E-state index in [1.165, 1.54) is 10.8 Å². The molecular formula is C45H28N4O. The molecule has 0 aliphatic heterocycles. The van der Waals surface area contributed by atoms with Crippen LogP contribution < -0.4 is 0 Å². The van der Waals surface area contributed by atoms with E-state index in [0.29, 0.717) is 17.5 Å². The van der Waals surface area contributed by atoms with Crippen molar-refractivity contribution in [2.45, 2.75) is 0 Å². The van der Waals surface area contributed by atoms with Gasteiger partial charge in [0.25, 0.3) is 0 Å². The standard InChI is InChI=1S/C45H28N4O/c1-3-13-29(14-4-1)31-17-11-18-32(25-31)44-46-43(30-15-5-2-6-16-30)47-45(48-44)33-19-12-20-34(26-33)49-39-23-9-7-21-35(39)37-27-38-36-22-8-10-24-41(36)50-42(38)28-40(37)49/h1-28H. The van der Waals surface area contributed by atoms with Crippen molar-refractivity contribution in [3.8, 4) is 51.0 Å². The molecule has 3 aromatic heterocycles. The van der Waals surface area contributed by atoms with Crippen LogP contribution in [0.1, 0.15) is 0 Å². The van der Waals surface area contributed by atoms with Gasteiger partial charge in [-0.25, -0.2) is 15.0 Å². The zero-order chi connectivity index (χ0) is 33.0. The summed E-state index contributed by atoms with van der Waals surface area (Å²) in [6, 6.07) is 58.6. The number of furan rings is 1. The van der Waals surface area contributed by atoms with Crippen LogP contribution in [0.5, 0.6) is 0 Å². The summed E-state index contributed by atoms with van der Waals surface area (Å²) in [5.74, 6) is 1.87. The van der Waals surface area contributed by atoms with E-state index in [-0.39, 0.29) is 0 Å². The van der Waals surface area contributed by atoms with Crippen LogP contribution in [0.3, 0.4) is 0 Å². The highest BCUT2D eigenvalue weighted by molar-refractivity contribution is 6.17. The minimum atomic E-state index is 0.612. The van der Waals surface area contributed by atoms with Gasteiger partial charge in [-0.05, 0) is 47.5 Å². The molecule has 10 rings (SSSR count). The second kappa shape index (κ2) is 11.4. The molecule has 0 bridgehead atoms. The number of aromatic nitrogens is 4. The average molecular weight is 641 g/mol. The molecule has 0 saturated heterocycles. The zero-order valence-corrected chi connectivity index (χ0v) is 26.9. The van der Waals surface area contributed by atoms with E-state index in [1.807, 2.05) is 48.5 Å². The first kappa shape index (κ1) is 28.2. The molecule has 0 spiro atoms. The number of para-hydroxylation sites is 2. The molecular weight excluding hydrogens is 613 g/mol. The van der Waals surface area contributed by atoms with Gasteiger partial charge in [-0.15, -0.1) is 0 Å². The first-order valence-corrected chi connectivity index (χ1v) is 16.7. The van der Waals surface area contributed by atoms with Gasteiger partial charge in [0, 0.05) is 50.0 Å². The number of rotatable bonds is 5. The lowest BCUT2D eigenvalue weighted by Crippen LogP contribution is -2.01. The monoisotopic (exact) mass is 640 g/mol. The third kappa shape index (κ3) is 4.67. The molecule has 50 heavy (non-hydrogen) atoms. The molecule has 0 atom stereocenters. The molecule has 0 N–H and O–H groups in total. The third-order valence-electron chi connectivity index (χ3n) is 9.43. The van der Waals surface area contributed by atoms with Crippen LogP contribution in [-0.2, 0) is 0 Å². The van der Waals surface area contributed by atoms with E-state index in [0.717, 1.165) is 66.5 Å². The van der Waals surface area contributed by atoms with Crippen LogP contribution in [-0.4, -0.2) is 19.5 Å². The quantitative estimate of drug-likeness (QED) is 0.188. The number of hydrogen-bond donors (Lipinski definition) is 0. The van der Waals surface area contributed by atoms with Gasteiger partial charge in [0.05, 0.1) is 11.0 Å². The van der Waals surface area contributed by atoms with Gasteiger partial charge in [0.15, 0.2) is 17.5 Å². The molecule has 5 nitrogen and oxygen atoms in total.